The maximum atomic E-state index is 11.5. The lowest BCUT2D eigenvalue weighted by Crippen LogP contribution is -2.23. The first-order valence-corrected chi connectivity index (χ1v) is 6.49. The number of ketones is 2. The lowest BCUT2D eigenvalue weighted by atomic mass is 10.0. The van der Waals surface area contributed by atoms with E-state index in [2.05, 4.69) is 4.90 Å². The first kappa shape index (κ1) is 14.8. The maximum Gasteiger partial charge on any atom is 0.182 e. The molecule has 0 bridgehead atoms. The molecule has 0 unspecified atom stereocenters. The number of hydrogen-bond donors (Lipinski definition) is 1. The molecule has 0 saturated carbocycles. The van der Waals surface area contributed by atoms with E-state index in [1.165, 1.54) is 18.2 Å². The van der Waals surface area contributed by atoms with E-state index in [0.29, 0.717) is 12.0 Å². The monoisotopic (exact) mass is 250 g/mol. The summed E-state index contributed by atoms with van der Waals surface area (Å²) in [6, 6.07) is 0. The molecular weight excluding hydrogens is 228 g/mol. The van der Waals surface area contributed by atoms with Gasteiger partial charge in [0, 0.05) is 12.1 Å². The Bertz CT molecular complexity index is 359. The molecular formula is C14H22N2O2. The van der Waals surface area contributed by atoms with Crippen molar-refractivity contribution in [2.24, 2.45) is 5.73 Å². The summed E-state index contributed by atoms with van der Waals surface area (Å²) in [5, 5.41) is 0. The zero-order valence-electron chi connectivity index (χ0n) is 11.0. The van der Waals surface area contributed by atoms with Crippen LogP contribution in [0.3, 0.4) is 0 Å². The van der Waals surface area contributed by atoms with Crippen LogP contribution in [0.1, 0.15) is 25.7 Å². The smallest absolute Gasteiger partial charge is 0.182 e. The molecule has 0 radical (unpaired) electrons. The maximum absolute atomic E-state index is 11.5. The van der Waals surface area contributed by atoms with E-state index in [0.717, 1.165) is 38.9 Å². The predicted octanol–water partition coefficient (Wildman–Crippen LogP) is 1.07. The second-order valence-corrected chi connectivity index (χ2v) is 4.67. The Morgan fingerprint density at radius 3 is 2.61 bits per heavy atom. The molecule has 1 aliphatic rings. The van der Waals surface area contributed by atoms with E-state index in [1.54, 1.807) is 0 Å². The molecule has 0 aromatic heterocycles. The van der Waals surface area contributed by atoms with Gasteiger partial charge in [-0.25, -0.2) is 0 Å². The van der Waals surface area contributed by atoms with Crippen LogP contribution in [0.15, 0.2) is 23.8 Å². The number of nitrogens with zero attached hydrogens (tertiary/aromatic N) is 1. The molecule has 4 nitrogen and oxygen atoms in total. The molecule has 0 atom stereocenters. The third-order valence-corrected chi connectivity index (χ3v) is 3.04. The van der Waals surface area contributed by atoms with Crippen molar-refractivity contribution in [3.63, 3.8) is 0 Å². The molecule has 4 heteroatoms. The molecule has 0 fully saturated rings. The molecule has 0 saturated heterocycles. The molecule has 0 aromatic carbocycles. The standard InChI is InChI=1S/C14H22N2O2/c1-16(9-4-2-3-8-15)10-7-12-11-13(17)5-6-14(12)18/h5-6,11H,2-4,7-10,15H2,1H3. The fourth-order valence-electron chi connectivity index (χ4n) is 1.88. The van der Waals surface area contributed by atoms with Crippen molar-refractivity contribution in [3.8, 4) is 0 Å². The van der Waals surface area contributed by atoms with E-state index in [9.17, 15) is 9.59 Å². The van der Waals surface area contributed by atoms with Crippen LogP contribution in [0, 0.1) is 0 Å². The van der Waals surface area contributed by atoms with E-state index in [4.69, 9.17) is 5.73 Å². The SMILES string of the molecule is CN(CCCCCN)CCC1=CC(=O)C=CC1=O. The van der Waals surface area contributed by atoms with Crippen molar-refractivity contribution in [3.05, 3.63) is 23.8 Å². The largest absolute Gasteiger partial charge is 0.330 e. The van der Waals surface area contributed by atoms with Crippen LogP contribution in [0.25, 0.3) is 0 Å². The Morgan fingerprint density at radius 2 is 1.89 bits per heavy atom. The third kappa shape index (κ3) is 5.38. The van der Waals surface area contributed by atoms with E-state index in [-0.39, 0.29) is 11.6 Å². The molecule has 0 amide bonds. The van der Waals surface area contributed by atoms with E-state index < -0.39 is 0 Å². The zero-order valence-corrected chi connectivity index (χ0v) is 11.0. The van der Waals surface area contributed by atoms with Gasteiger partial charge in [-0.05, 0) is 57.6 Å². The van der Waals surface area contributed by atoms with Crippen molar-refractivity contribution in [2.75, 3.05) is 26.7 Å². The highest BCUT2D eigenvalue weighted by Crippen LogP contribution is 2.10. The van der Waals surface area contributed by atoms with Gasteiger partial charge in [-0.2, -0.15) is 0 Å². The summed E-state index contributed by atoms with van der Waals surface area (Å²) < 4.78 is 0. The lowest BCUT2D eigenvalue weighted by Gasteiger charge is -2.17. The Morgan fingerprint density at radius 1 is 1.11 bits per heavy atom. The van der Waals surface area contributed by atoms with Crippen LogP contribution >= 0.6 is 0 Å². The first-order valence-electron chi connectivity index (χ1n) is 6.49. The van der Waals surface area contributed by atoms with Crippen LogP contribution in [-0.2, 0) is 9.59 Å². The second kappa shape index (κ2) is 7.95. The molecule has 0 heterocycles. The number of hydrogen-bond acceptors (Lipinski definition) is 4. The summed E-state index contributed by atoms with van der Waals surface area (Å²) in [5.74, 6) is -0.124. The highest BCUT2D eigenvalue weighted by molar-refractivity contribution is 6.17. The fraction of sp³-hybridized carbons (Fsp3) is 0.571. The highest BCUT2D eigenvalue weighted by atomic mass is 16.1. The number of nitrogens with two attached hydrogens (primary N) is 1. The number of rotatable bonds is 8. The van der Waals surface area contributed by atoms with Gasteiger partial charge < -0.3 is 10.6 Å². The topological polar surface area (TPSA) is 63.4 Å². The van der Waals surface area contributed by atoms with Gasteiger partial charge in [0.25, 0.3) is 0 Å². The first-order chi connectivity index (χ1) is 8.63. The van der Waals surface area contributed by atoms with Crippen molar-refractivity contribution in [1.29, 1.82) is 0 Å². The Labute approximate surface area is 109 Å². The fourth-order valence-corrected chi connectivity index (χ4v) is 1.88. The zero-order chi connectivity index (χ0) is 13.4. The average molecular weight is 250 g/mol. The Balaban J connectivity index is 2.23. The number of allylic oxidation sites excluding steroid dienone is 3. The van der Waals surface area contributed by atoms with Gasteiger partial charge >= 0.3 is 0 Å². The normalized spacial score (nSPS) is 15.4. The summed E-state index contributed by atoms with van der Waals surface area (Å²) >= 11 is 0. The summed E-state index contributed by atoms with van der Waals surface area (Å²) in [6.45, 7) is 2.56. The van der Waals surface area contributed by atoms with Crippen LogP contribution in [0.4, 0.5) is 0 Å². The summed E-state index contributed by atoms with van der Waals surface area (Å²) in [7, 11) is 2.04. The molecule has 1 rings (SSSR count). The molecule has 0 aromatic rings. The number of unbranched alkanes of at least 4 members (excludes halogenated alkanes) is 2. The Hall–Kier alpha value is -1.26. The minimum atomic E-state index is -0.0878. The molecule has 2 N–H and O–H groups in total. The average Bonchev–Trinajstić information content (AvgIpc) is 2.36. The van der Waals surface area contributed by atoms with Gasteiger partial charge in [0.1, 0.15) is 0 Å². The van der Waals surface area contributed by atoms with E-state index in [1.807, 2.05) is 7.05 Å². The van der Waals surface area contributed by atoms with Gasteiger partial charge in [-0.15, -0.1) is 0 Å². The quantitative estimate of drug-likeness (QED) is 0.517. The number of carbonyl (C=O) groups excluding carboxylic acids is 2. The van der Waals surface area contributed by atoms with Gasteiger partial charge in [0.05, 0.1) is 0 Å². The third-order valence-electron chi connectivity index (χ3n) is 3.04. The van der Waals surface area contributed by atoms with Crippen LogP contribution in [0.2, 0.25) is 0 Å². The van der Waals surface area contributed by atoms with Crippen molar-refractivity contribution in [2.45, 2.75) is 25.7 Å². The van der Waals surface area contributed by atoms with Crippen molar-refractivity contribution in [1.82, 2.24) is 4.90 Å². The summed E-state index contributed by atoms with van der Waals surface area (Å²) in [4.78, 5) is 24.9. The molecule has 0 spiro atoms. The minimum Gasteiger partial charge on any atom is -0.330 e. The van der Waals surface area contributed by atoms with Crippen molar-refractivity contribution >= 4 is 11.6 Å². The minimum absolute atomic E-state index is 0.0360. The summed E-state index contributed by atoms with van der Waals surface area (Å²) in [5.41, 5.74) is 6.05. The second-order valence-electron chi connectivity index (χ2n) is 4.67. The number of carbonyl (C=O) groups is 2. The molecule has 18 heavy (non-hydrogen) atoms. The lowest BCUT2D eigenvalue weighted by molar-refractivity contribution is -0.114. The summed E-state index contributed by atoms with van der Waals surface area (Å²) in [6.07, 6.45) is 8.11. The predicted molar refractivity (Wildman–Crippen MR) is 72.3 cm³/mol. The highest BCUT2D eigenvalue weighted by Gasteiger charge is 2.13. The molecule has 0 aliphatic heterocycles. The van der Waals surface area contributed by atoms with Crippen molar-refractivity contribution < 1.29 is 9.59 Å². The van der Waals surface area contributed by atoms with Gasteiger partial charge in [0.15, 0.2) is 11.6 Å². The Kier molecular flexibility index (Phi) is 6.54. The molecule has 1 aliphatic carbocycles. The van der Waals surface area contributed by atoms with E-state index >= 15 is 0 Å². The van der Waals surface area contributed by atoms with Gasteiger partial charge in [0.2, 0.25) is 0 Å². The molecule has 100 valence electrons. The van der Waals surface area contributed by atoms with Crippen LogP contribution in [-0.4, -0.2) is 43.1 Å². The van der Waals surface area contributed by atoms with Crippen LogP contribution < -0.4 is 5.73 Å². The van der Waals surface area contributed by atoms with Crippen LogP contribution in [0.5, 0.6) is 0 Å². The van der Waals surface area contributed by atoms with Gasteiger partial charge in [-0.3, -0.25) is 9.59 Å². The van der Waals surface area contributed by atoms with Gasteiger partial charge in [-0.1, -0.05) is 6.42 Å².